The van der Waals surface area contributed by atoms with Gasteiger partial charge in [0.2, 0.25) is 0 Å². The van der Waals surface area contributed by atoms with E-state index in [9.17, 15) is 10.1 Å². The van der Waals surface area contributed by atoms with Crippen molar-refractivity contribution in [3.05, 3.63) is 113 Å². The summed E-state index contributed by atoms with van der Waals surface area (Å²) in [6.45, 7) is 4.35. The Kier molecular flexibility index (Phi) is 6.52. The van der Waals surface area contributed by atoms with Gasteiger partial charge in [0.25, 0.3) is 5.91 Å². The van der Waals surface area contributed by atoms with Gasteiger partial charge in [0, 0.05) is 5.69 Å². The van der Waals surface area contributed by atoms with E-state index in [0.717, 1.165) is 27.6 Å². The highest BCUT2D eigenvalue weighted by molar-refractivity contribution is 6.10. The summed E-state index contributed by atoms with van der Waals surface area (Å²) in [5.74, 6) is 0.234. The lowest BCUT2D eigenvalue weighted by atomic mass is 10.1. The lowest BCUT2D eigenvalue weighted by molar-refractivity contribution is -0.112. The molecular formula is C29H24N2O2. The summed E-state index contributed by atoms with van der Waals surface area (Å²) in [7, 11) is 0. The van der Waals surface area contributed by atoms with Crippen molar-refractivity contribution < 1.29 is 9.53 Å². The quantitative estimate of drug-likeness (QED) is 0.276. The Morgan fingerprint density at radius 3 is 2.58 bits per heavy atom. The normalized spacial score (nSPS) is 11.1. The van der Waals surface area contributed by atoms with Gasteiger partial charge in [-0.05, 0) is 71.1 Å². The number of hydrogen-bond donors (Lipinski definition) is 1. The number of anilines is 1. The summed E-state index contributed by atoms with van der Waals surface area (Å²) < 4.78 is 6.03. The zero-order valence-electron chi connectivity index (χ0n) is 18.6. The number of amides is 1. The van der Waals surface area contributed by atoms with Crippen molar-refractivity contribution in [1.82, 2.24) is 0 Å². The molecule has 4 heteroatoms. The van der Waals surface area contributed by atoms with Crippen LogP contribution in [0.3, 0.4) is 0 Å². The minimum Gasteiger partial charge on any atom is -0.489 e. The Morgan fingerprint density at radius 1 is 0.970 bits per heavy atom. The fraction of sp³-hybridized carbons (Fsp3) is 0.103. The Hall–Kier alpha value is -4.36. The SMILES string of the molecule is Cc1cccc(NC(=O)/C(C#N)=C\c2cccc(OCc3cccc4ccccc34)c2)c1C. The van der Waals surface area contributed by atoms with E-state index in [1.165, 1.54) is 5.39 Å². The second-order valence-electron chi connectivity index (χ2n) is 7.87. The molecule has 33 heavy (non-hydrogen) atoms. The molecule has 1 N–H and O–H groups in total. The zero-order valence-corrected chi connectivity index (χ0v) is 18.6. The molecule has 4 aromatic rings. The zero-order chi connectivity index (χ0) is 23.2. The van der Waals surface area contributed by atoms with Crippen molar-refractivity contribution in [1.29, 1.82) is 5.26 Å². The van der Waals surface area contributed by atoms with Crippen LogP contribution in [0.15, 0.2) is 90.5 Å². The largest absolute Gasteiger partial charge is 0.489 e. The van der Waals surface area contributed by atoms with Gasteiger partial charge < -0.3 is 10.1 Å². The Labute approximate surface area is 193 Å². The van der Waals surface area contributed by atoms with Gasteiger partial charge in [-0.15, -0.1) is 0 Å². The van der Waals surface area contributed by atoms with Crippen molar-refractivity contribution in [3.63, 3.8) is 0 Å². The number of carbonyl (C=O) groups is 1. The molecule has 0 aromatic heterocycles. The van der Waals surface area contributed by atoms with Gasteiger partial charge in [-0.3, -0.25) is 4.79 Å². The Morgan fingerprint density at radius 2 is 1.73 bits per heavy atom. The van der Waals surface area contributed by atoms with Crippen molar-refractivity contribution >= 4 is 28.4 Å². The van der Waals surface area contributed by atoms with Gasteiger partial charge in [0.15, 0.2) is 0 Å². The topological polar surface area (TPSA) is 62.1 Å². The second kappa shape index (κ2) is 9.84. The third kappa shape index (κ3) is 5.11. The summed E-state index contributed by atoms with van der Waals surface area (Å²) in [4.78, 5) is 12.7. The van der Waals surface area contributed by atoms with Crippen molar-refractivity contribution in [2.45, 2.75) is 20.5 Å². The van der Waals surface area contributed by atoms with Crippen LogP contribution in [0.25, 0.3) is 16.8 Å². The first-order valence-electron chi connectivity index (χ1n) is 10.7. The van der Waals surface area contributed by atoms with E-state index >= 15 is 0 Å². The fourth-order valence-corrected chi connectivity index (χ4v) is 3.66. The van der Waals surface area contributed by atoms with Crippen LogP contribution in [-0.2, 0) is 11.4 Å². The smallest absolute Gasteiger partial charge is 0.266 e. The number of carbonyl (C=O) groups excluding carboxylic acids is 1. The molecule has 0 atom stereocenters. The molecule has 1 amide bonds. The van der Waals surface area contributed by atoms with Gasteiger partial charge in [-0.2, -0.15) is 5.26 Å². The van der Waals surface area contributed by atoms with E-state index in [0.29, 0.717) is 18.0 Å². The summed E-state index contributed by atoms with van der Waals surface area (Å²) in [6, 6.07) is 29.4. The van der Waals surface area contributed by atoms with Crippen LogP contribution in [0.4, 0.5) is 5.69 Å². The van der Waals surface area contributed by atoms with E-state index in [1.54, 1.807) is 6.08 Å². The van der Waals surface area contributed by atoms with Crippen LogP contribution >= 0.6 is 0 Å². The third-order valence-electron chi connectivity index (χ3n) is 5.66. The molecule has 0 heterocycles. The molecule has 0 fully saturated rings. The molecule has 162 valence electrons. The molecule has 4 nitrogen and oxygen atoms in total. The van der Waals surface area contributed by atoms with Crippen molar-refractivity contribution in [3.8, 4) is 11.8 Å². The molecule has 0 spiro atoms. The minimum absolute atomic E-state index is 0.0297. The molecule has 0 aliphatic carbocycles. The highest BCUT2D eigenvalue weighted by Gasteiger charge is 2.12. The summed E-state index contributed by atoms with van der Waals surface area (Å²) in [6.07, 6.45) is 1.57. The maximum Gasteiger partial charge on any atom is 0.266 e. The minimum atomic E-state index is -0.437. The Bertz CT molecular complexity index is 1390. The molecule has 0 radical (unpaired) electrons. The van der Waals surface area contributed by atoms with E-state index in [1.807, 2.05) is 80.6 Å². The number of fused-ring (bicyclic) bond motifs is 1. The van der Waals surface area contributed by atoms with Gasteiger partial charge in [-0.1, -0.05) is 66.7 Å². The first-order valence-corrected chi connectivity index (χ1v) is 10.7. The summed E-state index contributed by atoms with van der Waals surface area (Å²) in [5, 5.41) is 14.7. The number of benzene rings is 4. The maximum atomic E-state index is 12.7. The third-order valence-corrected chi connectivity index (χ3v) is 5.66. The molecule has 0 saturated heterocycles. The average molecular weight is 433 g/mol. The number of rotatable bonds is 6. The predicted molar refractivity (Wildman–Crippen MR) is 133 cm³/mol. The number of nitrogens with one attached hydrogen (secondary N) is 1. The molecule has 0 saturated carbocycles. The van der Waals surface area contributed by atoms with E-state index in [2.05, 4.69) is 29.6 Å². The van der Waals surface area contributed by atoms with Crippen LogP contribution in [0.5, 0.6) is 5.75 Å². The summed E-state index contributed by atoms with van der Waals surface area (Å²) >= 11 is 0. The van der Waals surface area contributed by atoms with Gasteiger partial charge in [-0.25, -0.2) is 0 Å². The monoisotopic (exact) mass is 432 g/mol. The molecule has 0 bridgehead atoms. The number of hydrogen-bond acceptors (Lipinski definition) is 3. The lowest BCUT2D eigenvalue weighted by Crippen LogP contribution is -2.14. The molecule has 0 aliphatic rings. The fourth-order valence-electron chi connectivity index (χ4n) is 3.66. The van der Waals surface area contributed by atoms with E-state index in [-0.39, 0.29) is 5.57 Å². The number of nitrogens with zero attached hydrogens (tertiary/aromatic N) is 1. The molecule has 0 aliphatic heterocycles. The first-order chi connectivity index (χ1) is 16.0. The average Bonchev–Trinajstić information content (AvgIpc) is 2.84. The lowest BCUT2D eigenvalue weighted by Gasteiger charge is -2.11. The van der Waals surface area contributed by atoms with Crippen LogP contribution in [0, 0.1) is 25.2 Å². The predicted octanol–water partition coefficient (Wildman–Crippen LogP) is 6.58. The maximum absolute atomic E-state index is 12.7. The van der Waals surface area contributed by atoms with Gasteiger partial charge in [0.1, 0.15) is 24.0 Å². The standard InChI is InChI=1S/C29H24N2O2/c1-20-8-5-15-28(21(20)2)31-29(32)25(18-30)16-22-9-6-13-26(17-22)33-19-24-12-7-11-23-10-3-4-14-27(23)24/h3-17H,19H2,1-2H3,(H,31,32)/b25-16-. The number of aryl methyl sites for hydroxylation is 1. The van der Waals surface area contributed by atoms with Crippen molar-refractivity contribution in [2.24, 2.45) is 0 Å². The molecule has 4 aromatic carbocycles. The van der Waals surface area contributed by atoms with E-state index < -0.39 is 5.91 Å². The molecule has 0 unspecified atom stereocenters. The highest BCUT2D eigenvalue weighted by atomic mass is 16.5. The number of nitriles is 1. The molecular weight excluding hydrogens is 408 g/mol. The first kappa shape index (κ1) is 21.9. The second-order valence-corrected chi connectivity index (χ2v) is 7.87. The summed E-state index contributed by atoms with van der Waals surface area (Å²) in [5.41, 5.74) is 4.60. The number of ether oxygens (including phenoxy) is 1. The van der Waals surface area contributed by atoms with Crippen LogP contribution in [0.1, 0.15) is 22.3 Å². The van der Waals surface area contributed by atoms with E-state index in [4.69, 9.17) is 4.74 Å². The van der Waals surface area contributed by atoms with Crippen LogP contribution in [0.2, 0.25) is 0 Å². The van der Waals surface area contributed by atoms with Crippen molar-refractivity contribution in [2.75, 3.05) is 5.32 Å². The van der Waals surface area contributed by atoms with Gasteiger partial charge in [0.05, 0.1) is 0 Å². The van der Waals surface area contributed by atoms with Crippen LogP contribution in [-0.4, -0.2) is 5.91 Å². The Balaban J connectivity index is 1.50. The highest BCUT2D eigenvalue weighted by Crippen LogP contribution is 2.23. The van der Waals surface area contributed by atoms with Gasteiger partial charge >= 0.3 is 0 Å². The van der Waals surface area contributed by atoms with Crippen LogP contribution < -0.4 is 10.1 Å². The molecule has 4 rings (SSSR count).